The summed E-state index contributed by atoms with van der Waals surface area (Å²) in [7, 11) is 0. The molecule has 0 spiro atoms. The lowest BCUT2D eigenvalue weighted by atomic mass is 9.70. The van der Waals surface area contributed by atoms with Crippen LogP contribution in [0.4, 0.5) is 13.2 Å². The molecule has 1 aliphatic carbocycles. The van der Waals surface area contributed by atoms with Gasteiger partial charge in [-0.2, -0.15) is 18.4 Å². The lowest BCUT2D eigenvalue weighted by molar-refractivity contribution is -0.139. The third-order valence-electron chi connectivity index (χ3n) is 5.62. The number of hydrogen-bond acceptors (Lipinski definition) is 3. The van der Waals surface area contributed by atoms with Crippen LogP contribution in [0.15, 0.2) is 35.4 Å². The van der Waals surface area contributed by atoms with Gasteiger partial charge in [0, 0.05) is 11.4 Å². The van der Waals surface area contributed by atoms with E-state index in [2.05, 4.69) is 25.8 Å². The summed E-state index contributed by atoms with van der Waals surface area (Å²) in [6.45, 7) is 6.17. The molecule has 29 heavy (non-hydrogen) atoms. The van der Waals surface area contributed by atoms with Crippen LogP contribution in [-0.4, -0.2) is 10.7 Å². The smallest absolute Gasteiger partial charge is 0.245 e. The first kappa shape index (κ1) is 21.7. The molecular formula is C23H25F3N2S. The average Bonchev–Trinajstić information content (AvgIpc) is 2.65. The summed E-state index contributed by atoms with van der Waals surface area (Å²) in [5.74, 6) is 0.716. The van der Waals surface area contributed by atoms with Crippen molar-refractivity contribution in [3.05, 3.63) is 58.3 Å². The first-order valence-corrected chi connectivity index (χ1v) is 10.8. The number of aryl methyl sites for hydroxylation is 2. The topological polar surface area (TPSA) is 36.7 Å². The van der Waals surface area contributed by atoms with Crippen LogP contribution in [0.3, 0.4) is 0 Å². The summed E-state index contributed by atoms with van der Waals surface area (Å²) in [4.78, 5) is 4.55. The van der Waals surface area contributed by atoms with Gasteiger partial charge in [0.25, 0.3) is 0 Å². The molecule has 0 saturated heterocycles. The second kappa shape index (κ2) is 8.39. The van der Waals surface area contributed by atoms with Gasteiger partial charge in [0.1, 0.15) is 11.1 Å². The second-order valence-corrected chi connectivity index (χ2v) is 9.68. The van der Waals surface area contributed by atoms with E-state index in [0.29, 0.717) is 30.7 Å². The number of benzene rings is 1. The fraction of sp³-hybridized carbons (Fsp3) is 0.478. The van der Waals surface area contributed by atoms with Gasteiger partial charge < -0.3 is 0 Å². The van der Waals surface area contributed by atoms with E-state index in [4.69, 9.17) is 0 Å². The van der Waals surface area contributed by atoms with Crippen LogP contribution in [0.25, 0.3) is 0 Å². The molecule has 0 amide bonds. The lowest BCUT2D eigenvalue weighted by Gasteiger charge is -2.36. The Morgan fingerprint density at radius 3 is 2.45 bits per heavy atom. The van der Waals surface area contributed by atoms with Gasteiger partial charge in [-0.1, -0.05) is 51.1 Å². The molecular weight excluding hydrogens is 393 g/mol. The van der Waals surface area contributed by atoms with Crippen LogP contribution in [0, 0.1) is 22.7 Å². The molecule has 0 saturated carbocycles. The minimum atomic E-state index is -4.56. The van der Waals surface area contributed by atoms with Crippen LogP contribution in [0.1, 0.15) is 55.1 Å². The van der Waals surface area contributed by atoms with E-state index < -0.39 is 11.7 Å². The number of nitriles is 1. The summed E-state index contributed by atoms with van der Waals surface area (Å²) in [5.41, 5.74) is 0.688. The van der Waals surface area contributed by atoms with Crippen LogP contribution in [0.5, 0.6) is 0 Å². The first-order chi connectivity index (χ1) is 13.6. The van der Waals surface area contributed by atoms with Crippen molar-refractivity contribution >= 4 is 11.8 Å². The molecule has 3 rings (SSSR count). The van der Waals surface area contributed by atoms with Crippen molar-refractivity contribution in [2.75, 3.05) is 5.75 Å². The van der Waals surface area contributed by atoms with Gasteiger partial charge in [0.2, 0.25) is 0 Å². The molecule has 0 fully saturated rings. The minimum Gasteiger partial charge on any atom is -0.245 e. The summed E-state index contributed by atoms with van der Waals surface area (Å²) in [6.07, 6.45) is -2.18. The van der Waals surface area contributed by atoms with Gasteiger partial charge in [0.15, 0.2) is 0 Å². The number of alkyl halides is 3. The maximum absolute atomic E-state index is 14.0. The molecule has 1 atom stereocenters. The maximum atomic E-state index is 14.0. The molecule has 2 aromatic rings. The molecule has 1 aliphatic rings. The summed E-state index contributed by atoms with van der Waals surface area (Å²) in [5, 5.41) is 9.81. The van der Waals surface area contributed by atoms with Crippen molar-refractivity contribution < 1.29 is 13.2 Å². The van der Waals surface area contributed by atoms with Crippen LogP contribution >= 0.6 is 11.8 Å². The predicted molar refractivity (Wildman–Crippen MR) is 110 cm³/mol. The number of nitrogens with zero attached hydrogens (tertiary/aromatic N) is 2. The summed E-state index contributed by atoms with van der Waals surface area (Å²) in [6, 6.07) is 11.6. The SMILES string of the molecule is CC(C)(C)C1CCc2nc(SCCc3ccccc3)c(C#N)c(C(F)(F)F)c2C1. The average molecular weight is 419 g/mol. The Hall–Kier alpha value is -2.00. The number of thioether (sulfide) groups is 1. The van der Waals surface area contributed by atoms with Crippen LogP contribution in [0.2, 0.25) is 0 Å². The molecule has 1 aromatic heterocycles. The van der Waals surface area contributed by atoms with Crippen molar-refractivity contribution in [1.82, 2.24) is 4.98 Å². The van der Waals surface area contributed by atoms with Gasteiger partial charge in [-0.25, -0.2) is 4.98 Å². The van der Waals surface area contributed by atoms with Crippen LogP contribution < -0.4 is 0 Å². The van der Waals surface area contributed by atoms with E-state index in [1.165, 1.54) is 11.8 Å². The summed E-state index contributed by atoms with van der Waals surface area (Å²) < 4.78 is 42.1. The molecule has 0 N–H and O–H groups in total. The third-order valence-corrected chi connectivity index (χ3v) is 6.60. The fourth-order valence-electron chi connectivity index (χ4n) is 3.90. The monoisotopic (exact) mass is 418 g/mol. The zero-order valence-corrected chi connectivity index (χ0v) is 17.8. The van der Waals surface area contributed by atoms with Gasteiger partial charge >= 0.3 is 6.18 Å². The Balaban J connectivity index is 1.96. The Labute approximate surface area is 174 Å². The Kier molecular flexibility index (Phi) is 6.28. The Morgan fingerprint density at radius 2 is 1.86 bits per heavy atom. The highest BCUT2D eigenvalue weighted by atomic mass is 32.2. The van der Waals surface area contributed by atoms with E-state index in [1.54, 1.807) is 0 Å². The largest absolute Gasteiger partial charge is 0.418 e. The van der Waals surface area contributed by atoms with Crippen molar-refractivity contribution in [2.24, 2.45) is 11.3 Å². The van der Waals surface area contributed by atoms with E-state index in [0.717, 1.165) is 12.0 Å². The molecule has 154 valence electrons. The molecule has 1 unspecified atom stereocenters. The molecule has 1 heterocycles. The molecule has 2 nitrogen and oxygen atoms in total. The van der Waals surface area contributed by atoms with Gasteiger partial charge in [-0.3, -0.25) is 0 Å². The van der Waals surface area contributed by atoms with Gasteiger partial charge in [-0.15, -0.1) is 11.8 Å². The molecule has 0 aliphatic heterocycles. The Bertz CT molecular complexity index is 909. The lowest BCUT2D eigenvalue weighted by Crippen LogP contribution is -2.30. The first-order valence-electron chi connectivity index (χ1n) is 9.81. The number of hydrogen-bond donors (Lipinski definition) is 0. The van der Waals surface area contributed by atoms with Crippen molar-refractivity contribution in [3.8, 4) is 6.07 Å². The van der Waals surface area contributed by atoms with Crippen LogP contribution in [-0.2, 0) is 25.4 Å². The number of halogens is 3. The van der Waals surface area contributed by atoms with Crippen molar-refractivity contribution in [3.63, 3.8) is 0 Å². The highest BCUT2D eigenvalue weighted by molar-refractivity contribution is 7.99. The highest BCUT2D eigenvalue weighted by Crippen LogP contribution is 2.45. The molecule has 1 aromatic carbocycles. The second-order valence-electron chi connectivity index (χ2n) is 8.59. The minimum absolute atomic E-state index is 0.0868. The normalized spacial score (nSPS) is 16.9. The third kappa shape index (κ3) is 4.95. The van der Waals surface area contributed by atoms with Gasteiger partial charge in [-0.05, 0) is 48.1 Å². The quantitative estimate of drug-likeness (QED) is 0.535. The fourth-order valence-corrected chi connectivity index (χ4v) is 4.90. The maximum Gasteiger partial charge on any atom is 0.418 e. The van der Waals surface area contributed by atoms with E-state index >= 15 is 0 Å². The molecule has 0 bridgehead atoms. The molecule has 6 heteroatoms. The number of aromatic nitrogens is 1. The zero-order valence-electron chi connectivity index (χ0n) is 16.9. The van der Waals surface area contributed by atoms with E-state index in [1.807, 2.05) is 36.4 Å². The molecule has 0 radical (unpaired) electrons. The highest BCUT2D eigenvalue weighted by Gasteiger charge is 2.42. The van der Waals surface area contributed by atoms with Crippen molar-refractivity contribution in [1.29, 1.82) is 5.26 Å². The van der Waals surface area contributed by atoms with Crippen molar-refractivity contribution in [2.45, 2.75) is 57.7 Å². The van der Waals surface area contributed by atoms with Gasteiger partial charge in [0.05, 0.1) is 11.1 Å². The number of pyridine rings is 1. The Morgan fingerprint density at radius 1 is 1.17 bits per heavy atom. The zero-order chi connectivity index (χ0) is 21.2. The summed E-state index contributed by atoms with van der Waals surface area (Å²) >= 11 is 1.24. The standard InChI is InChI=1S/C23H25F3N2S/c1-22(2,3)16-9-10-19-17(13-16)20(23(24,25)26)18(14-27)21(28-19)29-12-11-15-7-5-4-6-8-15/h4-8,16H,9-13H2,1-3H3. The number of fused-ring (bicyclic) bond motifs is 1. The predicted octanol–water partition coefficient (Wildman–Crippen LogP) is 6.46. The number of rotatable bonds is 4. The van der Waals surface area contributed by atoms with E-state index in [9.17, 15) is 18.4 Å². The van der Waals surface area contributed by atoms with E-state index in [-0.39, 0.29) is 27.5 Å².